The van der Waals surface area contributed by atoms with Gasteiger partial charge in [0.05, 0.1) is 17.4 Å². The third kappa shape index (κ3) is 4.43. The molecule has 168 valence electrons. The van der Waals surface area contributed by atoms with Crippen LogP contribution in [0.3, 0.4) is 0 Å². The fourth-order valence-electron chi connectivity index (χ4n) is 3.50. The lowest BCUT2D eigenvalue weighted by molar-refractivity contribution is -0.142. The van der Waals surface area contributed by atoms with Crippen molar-refractivity contribution in [3.8, 4) is 5.69 Å². The van der Waals surface area contributed by atoms with E-state index in [1.54, 1.807) is 0 Å². The minimum Gasteiger partial charge on any atom is -0.345 e. The number of nitrogens with one attached hydrogen (secondary N) is 1. The molecular weight excluding hydrogens is 440 g/mol. The largest absolute Gasteiger partial charge is 0.433 e. The van der Waals surface area contributed by atoms with Gasteiger partial charge in [-0.05, 0) is 43.5 Å². The van der Waals surface area contributed by atoms with Gasteiger partial charge >= 0.3 is 12.4 Å². The van der Waals surface area contributed by atoms with Gasteiger partial charge in [0.25, 0.3) is 5.91 Å². The Bertz CT molecular complexity index is 1150. The SMILES string of the molecule is O=C(N[C@@H]1CCCc2nn(-c3ccnc(C(F)(F)F)c3)cc21)c1ccnc(C(F)(F)F)c1. The molecule has 1 aliphatic rings. The quantitative estimate of drug-likeness (QED) is 0.590. The third-order valence-electron chi connectivity index (χ3n) is 5.02. The average molecular weight is 455 g/mol. The number of amides is 1. The molecule has 1 aliphatic carbocycles. The average Bonchev–Trinajstić information content (AvgIpc) is 3.18. The first kappa shape index (κ1) is 21.8. The second kappa shape index (κ2) is 7.92. The molecule has 0 aliphatic heterocycles. The van der Waals surface area contributed by atoms with Gasteiger partial charge in [-0.15, -0.1) is 0 Å². The standard InChI is InChI=1S/C20H15F6N5O/c21-19(22,23)16-8-11(4-6-27-16)18(32)29-14-2-1-3-15-13(14)10-31(30-15)12-5-7-28-17(9-12)20(24,25)26/h4-10,14H,1-3H2,(H,29,32)/t14-/m1/s1. The number of rotatable bonds is 3. The number of aromatic nitrogens is 4. The number of hydrogen-bond donors (Lipinski definition) is 1. The Morgan fingerprint density at radius 2 is 1.66 bits per heavy atom. The van der Waals surface area contributed by atoms with Gasteiger partial charge in [0.1, 0.15) is 11.4 Å². The molecule has 3 aromatic rings. The zero-order valence-electron chi connectivity index (χ0n) is 16.2. The van der Waals surface area contributed by atoms with Gasteiger partial charge in [-0.2, -0.15) is 31.4 Å². The van der Waals surface area contributed by atoms with Gasteiger partial charge in [-0.1, -0.05) is 0 Å². The summed E-state index contributed by atoms with van der Waals surface area (Å²) in [5.74, 6) is -0.716. The number of halogens is 6. The van der Waals surface area contributed by atoms with E-state index in [-0.39, 0.29) is 11.3 Å². The molecule has 1 amide bonds. The van der Waals surface area contributed by atoms with Gasteiger partial charge in [0.15, 0.2) is 0 Å². The van der Waals surface area contributed by atoms with Gasteiger partial charge < -0.3 is 5.32 Å². The van der Waals surface area contributed by atoms with E-state index < -0.39 is 35.7 Å². The molecule has 1 atom stereocenters. The molecule has 0 aromatic carbocycles. The highest BCUT2D eigenvalue weighted by molar-refractivity contribution is 5.94. The van der Waals surface area contributed by atoms with Crippen molar-refractivity contribution in [2.24, 2.45) is 0 Å². The van der Waals surface area contributed by atoms with Crippen molar-refractivity contribution in [2.45, 2.75) is 37.7 Å². The van der Waals surface area contributed by atoms with Crippen LogP contribution in [0.25, 0.3) is 5.69 Å². The van der Waals surface area contributed by atoms with Crippen LogP contribution in [0.4, 0.5) is 26.3 Å². The number of aryl methyl sites for hydroxylation is 1. The van der Waals surface area contributed by atoms with E-state index in [2.05, 4.69) is 20.4 Å². The van der Waals surface area contributed by atoms with Crippen molar-refractivity contribution in [3.05, 3.63) is 71.1 Å². The number of fused-ring (bicyclic) bond motifs is 1. The Morgan fingerprint density at radius 3 is 2.34 bits per heavy atom. The lowest BCUT2D eigenvalue weighted by Gasteiger charge is -2.22. The Balaban J connectivity index is 1.59. The highest BCUT2D eigenvalue weighted by Crippen LogP contribution is 2.32. The highest BCUT2D eigenvalue weighted by Gasteiger charge is 2.34. The summed E-state index contributed by atoms with van der Waals surface area (Å²) >= 11 is 0. The van der Waals surface area contributed by atoms with Crippen LogP contribution in [-0.2, 0) is 18.8 Å². The van der Waals surface area contributed by atoms with Gasteiger partial charge in [-0.25, -0.2) is 4.68 Å². The molecule has 3 aromatic heterocycles. The molecule has 0 saturated heterocycles. The fraction of sp³-hybridized carbons (Fsp3) is 0.300. The predicted molar refractivity (Wildman–Crippen MR) is 98.7 cm³/mol. The van der Waals surface area contributed by atoms with Crippen LogP contribution in [0.1, 0.15) is 51.9 Å². The maximum absolute atomic E-state index is 13.0. The number of carbonyl (C=O) groups is 1. The van der Waals surface area contributed by atoms with Crippen molar-refractivity contribution >= 4 is 5.91 Å². The number of carbonyl (C=O) groups excluding carboxylic acids is 1. The third-order valence-corrected chi connectivity index (χ3v) is 5.02. The summed E-state index contributed by atoms with van der Waals surface area (Å²) < 4.78 is 78.8. The fourth-order valence-corrected chi connectivity index (χ4v) is 3.50. The minimum absolute atomic E-state index is 0.149. The Labute approximate surface area is 177 Å². The summed E-state index contributed by atoms with van der Waals surface area (Å²) in [5.41, 5.74) is -1.10. The summed E-state index contributed by atoms with van der Waals surface area (Å²) in [5, 5.41) is 7.02. The first-order valence-electron chi connectivity index (χ1n) is 9.48. The number of alkyl halides is 6. The number of hydrogen-bond acceptors (Lipinski definition) is 4. The second-order valence-electron chi connectivity index (χ2n) is 7.22. The zero-order chi connectivity index (χ0) is 23.1. The summed E-state index contributed by atoms with van der Waals surface area (Å²) in [6, 6.07) is 3.52. The van der Waals surface area contributed by atoms with E-state index in [1.165, 1.54) is 23.0 Å². The lowest BCUT2D eigenvalue weighted by atomic mass is 9.93. The molecule has 12 heteroatoms. The van der Waals surface area contributed by atoms with Gasteiger partial charge in [0.2, 0.25) is 0 Å². The van der Waals surface area contributed by atoms with Crippen molar-refractivity contribution in [3.63, 3.8) is 0 Å². The Kier molecular flexibility index (Phi) is 5.39. The molecule has 3 heterocycles. The maximum atomic E-state index is 13.0. The molecule has 0 fully saturated rings. The highest BCUT2D eigenvalue weighted by atomic mass is 19.4. The summed E-state index contributed by atoms with van der Waals surface area (Å²) in [6.45, 7) is 0. The van der Waals surface area contributed by atoms with Crippen LogP contribution in [0.15, 0.2) is 42.9 Å². The molecule has 4 rings (SSSR count). The number of nitrogens with zero attached hydrogens (tertiary/aromatic N) is 4. The lowest BCUT2D eigenvalue weighted by Crippen LogP contribution is -2.30. The van der Waals surface area contributed by atoms with E-state index in [1.807, 2.05) is 0 Å². The van der Waals surface area contributed by atoms with Crippen LogP contribution in [0, 0.1) is 0 Å². The van der Waals surface area contributed by atoms with Crippen LogP contribution < -0.4 is 5.32 Å². The molecule has 0 saturated carbocycles. The van der Waals surface area contributed by atoms with Crippen LogP contribution in [0.5, 0.6) is 0 Å². The van der Waals surface area contributed by atoms with Crippen LogP contribution >= 0.6 is 0 Å². The number of pyridine rings is 2. The second-order valence-corrected chi connectivity index (χ2v) is 7.22. The van der Waals surface area contributed by atoms with E-state index in [0.717, 1.165) is 18.5 Å². The molecule has 6 nitrogen and oxygen atoms in total. The summed E-state index contributed by atoms with van der Waals surface area (Å²) in [6.07, 6.45) is -4.14. The molecular formula is C20H15F6N5O. The molecule has 0 spiro atoms. The van der Waals surface area contributed by atoms with Gasteiger partial charge in [-0.3, -0.25) is 14.8 Å². The smallest absolute Gasteiger partial charge is 0.345 e. The van der Waals surface area contributed by atoms with E-state index in [0.29, 0.717) is 36.6 Å². The predicted octanol–water partition coefficient (Wildman–Crippen LogP) is 4.51. The van der Waals surface area contributed by atoms with Gasteiger partial charge in [0, 0.05) is 29.7 Å². The molecule has 0 bridgehead atoms. The Morgan fingerprint density at radius 1 is 1.00 bits per heavy atom. The van der Waals surface area contributed by atoms with Crippen LogP contribution in [-0.4, -0.2) is 25.7 Å². The topological polar surface area (TPSA) is 72.7 Å². The van der Waals surface area contributed by atoms with Crippen LogP contribution in [0.2, 0.25) is 0 Å². The summed E-state index contributed by atoms with van der Waals surface area (Å²) in [7, 11) is 0. The Hall–Kier alpha value is -3.44. The zero-order valence-corrected chi connectivity index (χ0v) is 16.2. The van der Waals surface area contributed by atoms with E-state index in [9.17, 15) is 31.1 Å². The normalized spacial score (nSPS) is 16.5. The minimum atomic E-state index is -4.69. The monoisotopic (exact) mass is 455 g/mol. The first-order chi connectivity index (χ1) is 15.0. The first-order valence-corrected chi connectivity index (χ1v) is 9.48. The van der Waals surface area contributed by atoms with Crippen molar-refractivity contribution in [1.82, 2.24) is 25.1 Å². The van der Waals surface area contributed by atoms with Crippen molar-refractivity contribution < 1.29 is 31.1 Å². The van der Waals surface area contributed by atoms with E-state index >= 15 is 0 Å². The van der Waals surface area contributed by atoms with E-state index in [4.69, 9.17) is 0 Å². The molecule has 1 N–H and O–H groups in total. The molecule has 32 heavy (non-hydrogen) atoms. The maximum Gasteiger partial charge on any atom is 0.433 e. The van der Waals surface area contributed by atoms with Crippen molar-refractivity contribution in [2.75, 3.05) is 0 Å². The van der Waals surface area contributed by atoms with Crippen molar-refractivity contribution in [1.29, 1.82) is 0 Å². The summed E-state index contributed by atoms with van der Waals surface area (Å²) in [4.78, 5) is 19.1. The molecule has 0 radical (unpaired) electrons. The molecule has 0 unspecified atom stereocenters.